The van der Waals surface area contributed by atoms with Crippen molar-refractivity contribution in [2.75, 3.05) is 0 Å². The van der Waals surface area contributed by atoms with Gasteiger partial charge in [0.2, 0.25) is 0 Å². The van der Waals surface area contributed by atoms with Crippen molar-refractivity contribution >= 4 is 22.6 Å². The topological polar surface area (TPSA) is 17.8 Å². The van der Waals surface area contributed by atoms with Crippen LogP contribution in [0, 0.1) is 18.6 Å². The fourth-order valence-electron chi connectivity index (χ4n) is 2.35. The van der Waals surface area contributed by atoms with E-state index in [0.717, 1.165) is 11.2 Å². The summed E-state index contributed by atoms with van der Waals surface area (Å²) in [4.78, 5) is 4.41. The standard InChI is InChI=1S/C16H13ClF2N2/c1-9-7-15-14(8-13(9)19)20-16(10(2)17)21(15)12-5-3-11(18)4-6-12/h3-8,10H,1-2H3. The molecular weight excluding hydrogens is 294 g/mol. The second-order valence-corrected chi connectivity index (χ2v) is 5.64. The summed E-state index contributed by atoms with van der Waals surface area (Å²) < 4.78 is 28.7. The first-order valence-corrected chi connectivity index (χ1v) is 6.99. The minimum absolute atomic E-state index is 0.306. The molecule has 0 amide bonds. The number of nitrogens with zero attached hydrogens (tertiary/aromatic N) is 2. The van der Waals surface area contributed by atoms with E-state index >= 15 is 0 Å². The fraction of sp³-hybridized carbons (Fsp3) is 0.188. The summed E-state index contributed by atoms with van der Waals surface area (Å²) in [5.41, 5.74) is 2.56. The van der Waals surface area contributed by atoms with Crippen molar-refractivity contribution in [2.24, 2.45) is 0 Å². The highest BCUT2D eigenvalue weighted by Gasteiger charge is 2.17. The molecule has 0 radical (unpaired) electrons. The van der Waals surface area contributed by atoms with Crippen LogP contribution >= 0.6 is 11.6 Å². The Morgan fingerprint density at radius 1 is 1.14 bits per heavy atom. The number of rotatable bonds is 2. The third-order valence-electron chi connectivity index (χ3n) is 3.40. The minimum Gasteiger partial charge on any atom is -0.295 e. The molecule has 0 bridgehead atoms. The molecule has 0 aliphatic carbocycles. The van der Waals surface area contributed by atoms with E-state index in [1.165, 1.54) is 18.2 Å². The Labute approximate surface area is 126 Å². The molecule has 1 atom stereocenters. The van der Waals surface area contributed by atoms with Crippen molar-refractivity contribution in [3.8, 4) is 5.69 Å². The van der Waals surface area contributed by atoms with Crippen LogP contribution in [-0.4, -0.2) is 9.55 Å². The summed E-state index contributed by atoms with van der Waals surface area (Å²) in [5, 5.41) is -0.356. The predicted molar refractivity (Wildman–Crippen MR) is 80.0 cm³/mol. The van der Waals surface area contributed by atoms with Gasteiger partial charge in [-0.15, -0.1) is 11.6 Å². The second-order valence-electron chi connectivity index (χ2n) is 4.99. The quantitative estimate of drug-likeness (QED) is 0.615. The lowest BCUT2D eigenvalue weighted by Crippen LogP contribution is -2.02. The lowest BCUT2D eigenvalue weighted by molar-refractivity contribution is 0.620. The number of hydrogen-bond acceptors (Lipinski definition) is 1. The number of alkyl halides is 1. The van der Waals surface area contributed by atoms with Crippen molar-refractivity contribution < 1.29 is 8.78 Å². The Kier molecular flexibility index (Phi) is 3.41. The minimum atomic E-state index is -0.356. The number of fused-ring (bicyclic) bond motifs is 1. The molecule has 0 N–H and O–H groups in total. The van der Waals surface area contributed by atoms with E-state index in [4.69, 9.17) is 11.6 Å². The Morgan fingerprint density at radius 3 is 2.43 bits per heavy atom. The van der Waals surface area contributed by atoms with Crippen LogP contribution in [0.3, 0.4) is 0 Å². The van der Waals surface area contributed by atoms with E-state index in [2.05, 4.69) is 4.98 Å². The van der Waals surface area contributed by atoms with Crippen LogP contribution in [0.4, 0.5) is 8.78 Å². The Bertz CT molecular complexity index is 807. The molecule has 0 saturated carbocycles. The second kappa shape index (κ2) is 5.11. The van der Waals surface area contributed by atoms with Gasteiger partial charge in [-0.25, -0.2) is 13.8 Å². The molecule has 5 heteroatoms. The first kappa shape index (κ1) is 14.0. The monoisotopic (exact) mass is 306 g/mol. The van der Waals surface area contributed by atoms with Crippen LogP contribution in [0.15, 0.2) is 36.4 Å². The van der Waals surface area contributed by atoms with Crippen molar-refractivity contribution in [1.29, 1.82) is 0 Å². The van der Waals surface area contributed by atoms with Gasteiger partial charge in [0.05, 0.1) is 16.4 Å². The number of imidazole rings is 1. The maximum Gasteiger partial charge on any atom is 0.132 e. The van der Waals surface area contributed by atoms with E-state index in [1.54, 1.807) is 32.0 Å². The number of benzene rings is 2. The smallest absolute Gasteiger partial charge is 0.132 e. The number of hydrogen-bond donors (Lipinski definition) is 0. The summed E-state index contributed by atoms with van der Waals surface area (Å²) >= 11 is 6.19. The van der Waals surface area contributed by atoms with Gasteiger partial charge in [0.1, 0.15) is 17.5 Å². The SMILES string of the molecule is Cc1cc2c(cc1F)nc(C(C)Cl)n2-c1ccc(F)cc1. The van der Waals surface area contributed by atoms with E-state index in [1.807, 2.05) is 4.57 Å². The van der Waals surface area contributed by atoms with Crippen LogP contribution < -0.4 is 0 Å². The number of halogens is 3. The van der Waals surface area contributed by atoms with Crippen molar-refractivity contribution in [3.63, 3.8) is 0 Å². The molecule has 0 saturated heterocycles. The third-order valence-corrected chi connectivity index (χ3v) is 3.60. The van der Waals surface area contributed by atoms with Gasteiger partial charge in [0.25, 0.3) is 0 Å². The first-order chi connectivity index (χ1) is 9.97. The van der Waals surface area contributed by atoms with Gasteiger partial charge in [0, 0.05) is 11.8 Å². The Balaban J connectivity index is 2.35. The molecule has 0 fully saturated rings. The van der Waals surface area contributed by atoms with Crippen LogP contribution in [-0.2, 0) is 0 Å². The molecule has 1 aromatic heterocycles. The summed E-state index contributed by atoms with van der Waals surface area (Å²) in [5.74, 6) is -0.0193. The Hall–Kier alpha value is -1.94. The predicted octanol–water partition coefficient (Wildman–Crippen LogP) is 4.91. The summed E-state index contributed by atoms with van der Waals surface area (Å²) in [6, 6.07) is 9.17. The van der Waals surface area contributed by atoms with Crippen LogP contribution in [0.5, 0.6) is 0 Å². The molecule has 3 aromatic rings. The highest BCUT2D eigenvalue weighted by Crippen LogP contribution is 2.29. The molecular formula is C16H13ClF2N2. The summed E-state index contributed by atoms with van der Waals surface area (Å²) in [7, 11) is 0. The fourth-order valence-corrected chi connectivity index (χ4v) is 2.50. The first-order valence-electron chi connectivity index (χ1n) is 6.56. The zero-order valence-electron chi connectivity index (χ0n) is 11.6. The average Bonchev–Trinajstić information content (AvgIpc) is 2.79. The van der Waals surface area contributed by atoms with Gasteiger partial charge in [-0.1, -0.05) is 0 Å². The van der Waals surface area contributed by atoms with Gasteiger partial charge in [-0.2, -0.15) is 0 Å². The lowest BCUT2D eigenvalue weighted by Gasteiger charge is -2.11. The third kappa shape index (κ3) is 2.40. The van der Waals surface area contributed by atoms with Gasteiger partial charge in [0.15, 0.2) is 0 Å². The molecule has 2 nitrogen and oxygen atoms in total. The molecule has 2 aromatic carbocycles. The summed E-state index contributed by atoms with van der Waals surface area (Å²) in [6.07, 6.45) is 0. The zero-order chi connectivity index (χ0) is 15.1. The van der Waals surface area contributed by atoms with Crippen molar-refractivity contribution in [2.45, 2.75) is 19.2 Å². The highest BCUT2D eigenvalue weighted by atomic mass is 35.5. The van der Waals surface area contributed by atoms with E-state index in [9.17, 15) is 8.78 Å². The molecule has 21 heavy (non-hydrogen) atoms. The van der Waals surface area contributed by atoms with Crippen LogP contribution in [0.2, 0.25) is 0 Å². The van der Waals surface area contributed by atoms with E-state index in [-0.39, 0.29) is 17.0 Å². The maximum absolute atomic E-state index is 13.7. The molecule has 1 unspecified atom stereocenters. The van der Waals surface area contributed by atoms with Gasteiger partial charge < -0.3 is 0 Å². The Morgan fingerprint density at radius 2 is 1.81 bits per heavy atom. The largest absolute Gasteiger partial charge is 0.295 e. The number of aryl methyl sites for hydroxylation is 1. The van der Waals surface area contributed by atoms with Crippen LogP contribution in [0.1, 0.15) is 23.7 Å². The van der Waals surface area contributed by atoms with E-state index in [0.29, 0.717) is 16.9 Å². The van der Waals surface area contributed by atoms with Gasteiger partial charge in [-0.3, -0.25) is 4.57 Å². The molecule has 0 aliphatic rings. The highest BCUT2D eigenvalue weighted by molar-refractivity contribution is 6.20. The maximum atomic E-state index is 13.7. The molecule has 108 valence electrons. The average molecular weight is 307 g/mol. The zero-order valence-corrected chi connectivity index (χ0v) is 12.3. The summed E-state index contributed by atoms with van der Waals surface area (Å²) in [6.45, 7) is 3.49. The van der Waals surface area contributed by atoms with Gasteiger partial charge in [-0.05, 0) is 49.7 Å². The molecule has 0 spiro atoms. The van der Waals surface area contributed by atoms with Gasteiger partial charge >= 0.3 is 0 Å². The van der Waals surface area contributed by atoms with Crippen molar-refractivity contribution in [1.82, 2.24) is 9.55 Å². The van der Waals surface area contributed by atoms with Crippen molar-refractivity contribution in [3.05, 3.63) is 59.4 Å². The lowest BCUT2D eigenvalue weighted by atomic mass is 10.2. The van der Waals surface area contributed by atoms with E-state index < -0.39 is 0 Å². The molecule has 3 rings (SSSR count). The molecule has 0 aliphatic heterocycles. The molecule has 1 heterocycles. The number of aromatic nitrogens is 2. The normalized spacial score (nSPS) is 12.8. The van der Waals surface area contributed by atoms with Crippen LogP contribution in [0.25, 0.3) is 16.7 Å².